The van der Waals surface area contributed by atoms with Gasteiger partial charge < -0.3 is 5.32 Å². The molecule has 0 amide bonds. The first-order chi connectivity index (χ1) is 6.36. The van der Waals surface area contributed by atoms with Crippen LogP contribution in [0.1, 0.15) is 32.6 Å². The summed E-state index contributed by atoms with van der Waals surface area (Å²) in [4.78, 5) is 2.70. The van der Waals surface area contributed by atoms with Gasteiger partial charge in [0.25, 0.3) is 0 Å². The van der Waals surface area contributed by atoms with Crippen LogP contribution in [-0.2, 0) is 0 Å². The smallest absolute Gasteiger partial charge is 0.0221 e. The molecule has 2 fully saturated rings. The fourth-order valence-corrected chi connectivity index (χ4v) is 2.54. The quantitative estimate of drug-likeness (QED) is 0.773. The van der Waals surface area contributed by atoms with Crippen molar-refractivity contribution in [2.24, 2.45) is 5.92 Å². The first kappa shape index (κ1) is 15.5. The molecule has 1 N–H and O–H groups in total. The molecule has 0 bridgehead atoms. The molecule has 0 aromatic heterocycles. The van der Waals surface area contributed by atoms with Gasteiger partial charge in [-0.15, -0.1) is 24.8 Å². The van der Waals surface area contributed by atoms with Gasteiger partial charge in [0, 0.05) is 12.6 Å². The van der Waals surface area contributed by atoms with Crippen LogP contribution in [0.15, 0.2) is 0 Å². The highest BCUT2D eigenvalue weighted by molar-refractivity contribution is 5.85. The molecule has 2 rings (SSSR count). The lowest BCUT2D eigenvalue weighted by Crippen LogP contribution is -2.48. The molecule has 0 radical (unpaired) electrons. The zero-order chi connectivity index (χ0) is 9.10. The Morgan fingerprint density at radius 2 is 1.73 bits per heavy atom. The lowest BCUT2D eigenvalue weighted by Gasteiger charge is -2.38. The molecule has 0 saturated carbocycles. The highest BCUT2D eigenvalue weighted by atomic mass is 35.5. The lowest BCUT2D eigenvalue weighted by molar-refractivity contribution is 0.118. The predicted octanol–water partition coefficient (Wildman–Crippen LogP) is 2.31. The van der Waals surface area contributed by atoms with E-state index in [0.29, 0.717) is 0 Å². The molecule has 2 heterocycles. The van der Waals surface area contributed by atoms with Crippen LogP contribution in [-0.4, -0.2) is 37.1 Å². The average molecular weight is 255 g/mol. The number of rotatable bonds is 1. The Labute approximate surface area is 106 Å². The number of likely N-dealkylation sites (tertiary alicyclic amines) is 1. The predicted molar refractivity (Wildman–Crippen MR) is 70.4 cm³/mol. The lowest BCUT2D eigenvalue weighted by atomic mass is 9.96. The number of piperidine rings is 2. The van der Waals surface area contributed by atoms with Crippen molar-refractivity contribution in [3.05, 3.63) is 0 Å². The van der Waals surface area contributed by atoms with Crippen LogP contribution in [0.25, 0.3) is 0 Å². The molecule has 0 aromatic carbocycles. The Kier molecular flexibility index (Phi) is 7.98. The van der Waals surface area contributed by atoms with Crippen LogP contribution in [0.3, 0.4) is 0 Å². The molecule has 0 aliphatic carbocycles. The monoisotopic (exact) mass is 254 g/mol. The van der Waals surface area contributed by atoms with E-state index in [1.54, 1.807) is 0 Å². The maximum absolute atomic E-state index is 3.50. The van der Waals surface area contributed by atoms with Crippen molar-refractivity contribution >= 4 is 24.8 Å². The summed E-state index contributed by atoms with van der Waals surface area (Å²) in [5.41, 5.74) is 0. The molecular weight excluding hydrogens is 231 g/mol. The Bertz CT molecular complexity index is 153. The zero-order valence-electron chi connectivity index (χ0n) is 9.58. The van der Waals surface area contributed by atoms with E-state index < -0.39 is 0 Å². The molecule has 0 spiro atoms. The third-order valence-electron chi connectivity index (χ3n) is 3.61. The third-order valence-corrected chi connectivity index (χ3v) is 3.61. The Balaban J connectivity index is 0.000000980. The van der Waals surface area contributed by atoms with E-state index >= 15 is 0 Å². The summed E-state index contributed by atoms with van der Waals surface area (Å²) in [5, 5.41) is 3.50. The first-order valence-corrected chi connectivity index (χ1v) is 5.81. The second-order valence-corrected chi connectivity index (χ2v) is 4.72. The number of hydrogen-bond donors (Lipinski definition) is 1. The Morgan fingerprint density at radius 1 is 1.07 bits per heavy atom. The van der Waals surface area contributed by atoms with Gasteiger partial charge in [-0.2, -0.15) is 0 Å². The molecule has 1 atom stereocenters. The van der Waals surface area contributed by atoms with Crippen molar-refractivity contribution in [2.45, 2.75) is 38.6 Å². The van der Waals surface area contributed by atoms with Crippen LogP contribution in [0.5, 0.6) is 0 Å². The van der Waals surface area contributed by atoms with E-state index in [2.05, 4.69) is 17.1 Å². The van der Waals surface area contributed by atoms with Gasteiger partial charge in [0.1, 0.15) is 0 Å². The fraction of sp³-hybridized carbons (Fsp3) is 1.00. The SMILES string of the molecule is CC1CCN(C2CCCNC2)CC1.Cl.Cl. The van der Waals surface area contributed by atoms with E-state index in [1.165, 1.54) is 51.9 Å². The van der Waals surface area contributed by atoms with Crippen molar-refractivity contribution in [3.8, 4) is 0 Å². The number of hydrogen-bond acceptors (Lipinski definition) is 2. The molecule has 2 nitrogen and oxygen atoms in total. The van der Waals surface area contributed by atoms with Gasteiger partial charge in [-0.25, -0.2) is 0 Å². The van der Waals surface area contributed by atoms with Gasteiger partial charge in [-0.3, -0.25) is 4.90 Å². The molecule has 4 heteroatoms. The minimum atomic E-state index is 0. The minimum absolute atomic E-state index is 0. The van der Waals surface area contributed by atoms with Crippen molar-refractivity contribution in [2.75, 3.05) is 26.2 Å². The van der Waals surface area contributed by atoms with E-state index in [9.17, 15) is 0 Å². The van der Waals surface area contributed by atoms with Gasteiger partial charge in [0.2, 0.25) is 0 Å². The summed E-state index contributed by atoms with van der Waals surface area (Å²) < 4.78 is 0. The standard InChI is InChI=1S/C11H22N2.2ClH/c1-10-4-7-13(8-5-10)11-3-2-6-12-9-11;;/h10-12H,2-9H2,1H3;2*1H. The van der Waals surface area contributed by atoms with Gasteiger partial charge in [0.15, 0.2) is 0 Å². The molecule has 15 heavy (non-hydrogen) atoms. The summed E-state index contributed by atoms with van der Waals surface area (Å²) in [6.45, 7) is 7.53. The topological polar surface area (TPSA) is 15.3 Å². The van der Waals surface area contributed by atoms with Crippen LogP contribution >= 0.6 is 24.8 Å². The summed E-state index contributed by atoms with van der Waals surface area (Å²) >= 11 is 0. The second-order valence-electron chi connectivity index (χ2n) is 4.72. The second kappa shape index (κ2) is 7.72. The molecule has 0 aromatic rings. The van der Waals surface area contributed by atoms with Crippen LogP contribution in [0.4, 0.5) is 0 Å². The minimum Gasteiger partial charge on any atom is -0.315 e. The number of nitrogens with one attached hydrogen (secondary N) is 1. The van der Waals surface area contributed by atoms with Crippen molar-refractivity contribution in [1.82, 2.24) is 10.2 Å². The van der Waals surface area contributed by atoms with Gasteiger partial charge in [-0.05, 0) is 51.2 Å². The summed E-state index contributed by atoms with van der Waals surface area (Å²) in [5.74, 6) is 0.966. The van der Waals surface area contributed by atoms with Gasteiger partial charge in [-0.1, -0.05) is 6.92 Å². The van der Waals surface area contributed by atoms with Crippen molar-refractivity contribution in [1.29, 1.82) is 0 Å². The molecule has 2 saturated heterocycles. The van der Waals surface area contributed by atoms with Crippen molar-refractivity contribution < 1.29 is 0 Å². The van der Waals surface area contributed by atoms with Crippen LogP contribution < -0.4 is 5.32 Å². The van der Waals surface area contributed by atoms with Gasteiger partial charge >= 0.3 is 0 Å². The van der Waals surface area contributed by atoms with E-state index in [1.807, 2.05) is 0 Å². The van der Waals surface area contributed by atoms with E-state index in [4.69, 9.17) is 0 Å². The van der Waals surface area contributed by atoms with Crippen LogP contribution in [0, 0.1) is 5.92 Å². The highest BCUT2D eigenvalue weighted by Crippen LogP contribution is 2.20. The summed E-state index contributed by atoms with van der Waals surface area (Å²) in [6.07, 6.45) is 5.62. The molecule has 2 aliphatic rings. The fourth-order valence-electron chi connectivity index (χ4n) is 2.54. The van der Waals surface area contributed by atoms with E-state index in [0.717, 1.165) is 12.0 Å². The summed E-state index contributed by atoms with van der Waals surface area (Å²) in [6, 6.07) is 0.848. The molecule has 92 valence electrons. The number of halogens is 2. The normalized spacial score (nSPS) is 29.0. The van der Waals surface area contributed by atoms with E-state index in [-0.39, 0.29) is 24.8 Å². The van der Waals surface area contributed by atoms with Crippen molar-refractivity contribution in [3.63, 3.8) is 0 Å². The molecule has 1 unspecified atom stereocenters. The maximum Gasteiger partial charge on any atom is 0.0221 e. The Hall–Kier alpha value is 0.500. The number of nitrogens with zero attached hydrogens (tertiary/aromatic N) is 1. The average Bonchev–Trinajstić information content (AvgIpc) is 2.20. The third kappa shape index (κ3) is 4.48. The maximum atomic E-state index is 3.50. The molecule has 2 aliphatic heterocycles. The largest absolute Gasteiger partial charge is 0.315 e. The first-order valence-electron chi connectivity index (χ1n) is 5.81. The Morgan fingerprint density at radius 3 is 2.27 bits per heavy atom. The highest BCUT2D eigenvalue weighted by Gasteiger charge is 2.24. The molecular formula is C11H24Cl2N2. The summed E-state index contributed by atoms with van der Waals surface area (Å²) in [7, 11) is 0. The zero-order valence-corrected chi connectivity index (χ0v) is 11.2. The van der Waals surface area contributed by atoms with Crippen LogP contribution in [0.2, 0.25) is 0 Å². The van der Waals surface area contributed by atoms with Gasteiger partial charge in [0.05, 0.1) is 0 Å².